The number of carbonyl (C=O) groups is 3. The second-order valence-corrected chi connectivity index (χ2v) is 8.06. The average molecular weight is 431 g/mol. The number of hydrogen-bond donors (Lipinski definition) is 3. The summed E-state index contributed by atoms with van der Waals surface area (Å²) in [6.07, 6.45) is 1.37. The predicted molar refractivity (Wildman–Crippen MR) is 125 cm³/mol. The number of likely N-dealkylation sites (tertiary alicyclic amines) is 1. The van der Waals surface area contributed by atoms with Gasteiger partial charge in [0.2, 0.25) is 17.7 Å². The number of nitrogens with two attached hydrogens (primary N) is 1. The number of amides is 3. The number of hydrogen-bond acceptors (Lipinski definition) is 4. The van der Waals surface area contributed by atoms with Crippen LogP contribution in [0.5, 0.6) is 0 Å². The van der Waals surface area contributed by atoms with Crippen molar-refractivity contribution in [1.82, 2.24) is 4.90 Å². The molecule has 0 bridgehead atoms. The molecule has 1 aliphatic rings. The molecule has 0 aliphatic carbocycles. The average Bonchev–Trinajstić information content (AvgIpc) is 2.80. The van der Waals surface area contributed by atoms with Crippen molar-refractivity contribution in [2.75, 3.05) is 30.3 Å². The summed E-state index contributed by atoms with van der Waals surface area (Å²) in [5.74, 6) is -0.710. The highest BCUT2D eigenvalue weighted by atomic mass is 16.2. The molecule has 7 heteroatoms. The topological polar surface area (TPSA) is 105 Å². The molecule has 3 amide bonds. The SMILES string of the molecule is NC(=O)c1ccc(NC(=O)C2CCN(CC(=O)Nc3cccc4ccccc34)CC2)cc1. The van der Waals surface area contributed by atoms with Crippen LogP contribution in [-0.2, 0) is 9.59 Å². The number of fused-ring (bicyclic) bond motifs is 1. The number of piperidine rings is 1. The van der Waals surface area contributed by atoms with Crippen molar-refractivity contribution < 1.29 is 14.4 Å². The normalized spacial score (nSPS) is 14.8. The van der Waals surface area contributed by atoms with Crippen LogP contribution >= 0.6 is 0 Å². The number of carbonyl (C=O) groups excluding carboxylic acids is 3. The summed E-state index contributed by atoms with van der Waals surface area (Å²) < 4.78 is 0. The number of anilines is 2. The molecule has 0 spiro atoms. The van der Waals surface area contributed by atoms with Gasteiger partial charge in [-0.2, -0.15) is 0 Å². The number of nitrogens with one attached hydrogen (secondary N) is 2. The van der Waals surface area contributed by atoms with Crippen LogP contribution in [0.4, 0.5) is 11.4 Å². The second kappa shape index (κ2) is 9.62. The lowest BCUT2D eigenvalue weighted by atomic mass is 9.95. The second-order valence-electron chi connectivity index (χ2n) is 8.06. The van der Waals surface area contributed by atoms with Crippen LogP contribution in [0.1, 0.15) is 23.2 Å². The fraction of sp³-hybridized carbons (Fsp3) is 0.240. The summed E-state index contributed by atoms with van der Waals surface area (Å²) in [4.78, 5) is 38.4. The van der Waals surface area contributed by atoms with Gasteiger partial charge in [0.05, 0.1) is 6.54 Å². The van der Waals surface area contributed by atoms with E-state index in [2.05, 4.69) is 15.5 Å². The van der Waals surface area contributed by atoms with E-state index in [4.69, 9.17) is 5.73 Å². The Kier molecular flexibility index (Phi) is 6.47. The van der Waals surface area contributed by atoms with Gasteiger partial charge in [-0.25, -0.2) is 0 Å². The lowest BCUT2D eigenvalue weighted by molar-refractivity contribution is -0.121. The molecule has 0 radical (unpaired) electrons. The van der Waals surface area contributed by atoms with Gasteiger partial charge in [0, 0.05) is 28.2 Å². The van der Waals surface area contributed by atoms with E-state index < -0.39 is 5.91 Å². The molecule has 1 aliphatic heterocycles. The Labute approximate surface area is 186 Å². The minimum atomic E-state index is -0.500. The van der Waals surface area contributed by atoms with E-state index in [9.17, 15) is 14.4 Å². The maximum atomic E-state index is 12.6. The zero-order chi connectivity index (χ0) is 22.5. The van der Waals surface area contributed by atoms with Crippen molar-refractivity contribution in [3.05, 3.63) is 72.3 Å². The summed E-state index contributed by atoms with van der Waals surface area (Å²) >= 11 is 0. The van der Waals surface area contributed by atoms with Gasteiger partial charge >= 0.3 is 0 Å². The van der Waals surface area contributed by atoms with Gasteiger partial charge in [-0.3, -0.25) is 19.3 Å². The fourth-order valence-electron chi connectivity index (χ4n) is 4.04. The van der Waals surface area contributed by atoms with E-state index in [0.717, 1.165) is 16.5 Å². The highest BCUT2D eigenvalue weighted by Crippen LogP contribution is 2.23. The molecule has 3 aromatic carbocycles. The molecule has 4 rings (SSSR count). The van der Waals surface area contributed by atoms with Gasteiger partial charge in [0.15, 0.2) is 0 Å². The number of primary amides is 1. The Balaban J connectivity index is 1.26. The van der Waals surface area contributed by atoms with Crippen LogP contribution < -0.4 is 16.4 Å². The van der Waals surface area contributed by atoms with Gasteiger partial charge in [-0.05, 0) is 61.6 Å². The number of benzene rings is 3. The summed E-state index contributed by atoms with van der Waals surface area (Å²) in [5.41, 5.74) is 7.08. The van der Waals surface area contributed by atoms with Crippen molar-refractivity contribution in [2.45, 2.75) is 12.8 Å². The van der Waals surface area contributed by atoms with E-state index in [1.165, 1.54) is 0 Å². The van der Waals surface area contributed by atoms with Crippen LogP contribution in [-0.4, -0.2) is 42.3 Å². The first kappa shape index (κ1) is 21.5. The summed E-state index contributed by atoms with van der Waals surface area (Å²) in [7, 11) is 0. The van der Waals surface area contributed by atoms with Gasteiger partial charge < -0.3 is 16.4 Å². The van der Waals surface area contributed by atoms with E-state index in [1.54, 1.807) is 24.3 Å². The van der Waals surface area contributed by atoms with E-state index in [-0.39, 0.29) is 17.7 Å². The van der Waals surface area contributed by atoms with Gasteiger partial charge in [0.1, 0.15) is 0 Å². The van der Waals surface area contributed by atoms with E-state index in [1.807, 2.05) is 42.5 Å². The zero-order valence-electron chi connectivity index (χ0n) is 17.7. The first-order chi connectivity index (χ1) is 15.5. The third kappa shape index (κ3) is 5.12. The quantitative estimate of drug-likeness (QED) is 0.558. The largest absolute Gasteiger partial charge is 0.366 e. The van der Waals surface area contributed by atoms with Crippen LogP contribution in [0.25, 0.3) is 10.8 Å². The molecule has 4 N–H and O–H groups in total. The molecule has 164 valence electrons. The fourth-order valence-corrected chi connectivity index (χ4v) is 4.04. The lowest BCUT2D eigenvalue weighted by Gasteiger charge is -2.30. The molecule has 32 heavy (non-hydrogen) atoms. The summed E-state index contributed by atoms with van der Waals surface area (Å²) in [6.45, 7) is 1.66. The minimum Gasteiger partial charge on any atom is -0.366 e. The first-order valence-electron chi connectivity index (χ1n) is 10.7. The Morgan fingerprint density at radius 2 is 1.56 bits per heavy atom. The lowest BCUT2D eigenvalue weighted by Crippen LogP contribution is -2.41. The smallest absolute Gasteiger partial charge is 0.248 e. The van der Waals surface area contributed by atoms with E-state index in [0.29, 0.717) is 43.7 Å². The Bertz CT molecular complexity index is 1130. The molecule has 1 fully saturated rings. The molecule has 1 saturated heterocycles. The Morgan fingerprint density at radius 3 is 2.28 bits per heavy atom. The minimum absolute atomic E-state index is 0.0447. The van der Waals surface area contributed by atoms with Crippen molar-refractivity contribution in [3.8, 4) is 0 Å². The Hall–Kier alpha value is -3.71. The van der Waals surface area contributed by atoms with Crippen molar-refractivity contribution in [3.63, 3.8) is 0 Å². The highest BCUT2D eigenvalue weighted by Gasteiger charge is 2.26. The van der Waals surface area contributed by atoms with Crippen LogP contribution in [0.15, 0.2) is 66.7 Å². The van der Waals surface area contributed by atoms with Crippen molar-refractivity contribution in [2.24, 2.45) is 11.7 Å². The standard InChI is InChI=1S/C25H26N4O3/c26-24(31)18-8-10-20(11-9-18)27-25(32)19-12-14-29(15-13-19)16-23(30)28-22-7-3-5-17-4-1-2-6-21(17)22/h1-11,19H,12-16H2,(H2,26,31)(H,27,32)(H,28,30). The van der Waals surface area contributed by atoms with Gasteiger partial charge in [0.25, 0.3) is 0 Å². The Morgan fingerprint density at radius 1 is 0.875 bits per heavy atom. The van der Waals surface area contributed by atoms with Crippen LogP contribution in [0.2, 0.25) is 0 Å². The van der Waals surface area contributed by atoms with Crippen molar-refractivity contribution in [1.29, 1.82) is 0 Å². The maximum absolute atomic E-state index is 12.6. The predicted octanol–water partition coefficient (Wildman–Crippen LogP) is 3.23. The monoisotopic (exact) mass is 430 g/mol. The molecule has 0 atom stereocenters. The first-order valence-corrected chi connectivity index (χ1v) is 10.7. The van der Waals surface area contributed by atoms with Crippen LogP contribution in [0, 0.1) is 5.92 Å². The molecule has 1 heterocycles. The highest BCUT2D eigenvalue weighted by molar-refractivity contribution is 6.02. The molecule has 0 aromatic heterocycles. The molecular weight excluding hydrogens is 404 g/mol. The molecule has 3 aromatic rings. The molecule has 7 nitrogen and oxygen atoms in total. The third-order valence-corrected chi connectivity index (χ3v) is 5.83. The zero-order valence-corrected chi connectivity index (χ0v) is 17.7. The van der Waals surface area contributed by atoms with Gasteiger partial charge in [-0.15, -0.1) is 0 Å². The number of rotatable bonds is 6. The van der Waals surface area contributed by atoms with Crippen molar-refractivity contribution >= 4 is 39.9 Å². The van der Waals surface area contributed by atoms with E-state index >= 15 is 0 Å². The molecular formula is C25H26N4O3. The molecule has 0 unspecified atom stereocenters. The van der Waals surface area contributed by atoms with Gasteiger partial charge in [-0.1, -0.05) is 36.4 Å². The maximum Gasteiger partial charge on any atom is 0.248 e. The molecule has 0 saturated carbocycles. The summed E-state index contributed by atoms with van der Waals surface area (Å²) in [5, 5.41) is 8.01. The summed E-state index contributed by atoms with van der Waals surface area (Å²) in [6, 6.07) is 20.3. The van der Waals surface area contributed by atoms with Crippen LogP contribution in [0.3, 0.4) is 0 Å². The third-order valence-electron chi connectivity index (χ3n) is 5.83. The number of nitrogens with zero attached hydrogens (tertiary/aromatic N) is 1.